The predicted octanol–water partition coefficient (Wildman–Crippen LogP) is 2.41. The van der Waals surface area contributed by atoms with Gasteiger partial charge in [0.1, 0.15) is 0 Å². The van der Waals surface area contributed by atoms with Crippen LogP contribution < -0.4 is 5.32 Å². The minimum Gasteiger partial charge on any atom is -0.312 e. The van der Waals surface area contributed by atoms with E-state index in [1.165, 1.54) is 34.3 Å². The third-order valence-electron chi connectivity index (χ3n) is 2.75. The maximum absolute atomic E-state index is 3.37. The molecule has 16 heavy (non-hydrogen) atoms. The fourth-order valence-electron chi connectivity index (χ4n) is 1.83. The van der Waals surface area contributed by atoms with Gasteiger partial charge in [-0.05, 0) is 18.7 Å². The molecule has 2 nitrogen and oxygen atoms in total. The number of nitrogens with zero attached hydrogens (tertiary/aromatic N) is 1. The molecule has 0 bridgehead atoms. The lowest BCUT2D eigenvalue weighted by molar-refractivity contribution is 0.297. The Balaban J connectivity index is 1.81. The Hall–Kier alpha value is -0.0300. The van der Waals surface area contributed by atoms with E-state index in [0.717, 1.165) is 19.6 Å². The number of thiophene rings is 1. The first-order chi connectivity index (χ1) is 7.88. The molecule has 0 aromatic carbocycles. The second-order valence-corrected chi connectivity index (χ2v) is 6.51. The molecule has 1 aliphatic heterocycles. The van der Waals surface area contributed by atoms with Gasteiger partial charge in [-0.25, -0.2) is 0 Å². The molecule has 0 unspecified atom stereocenters. The van der Waals surface area contributed by atoms with Crippen molar-refractivity contribution in [2.24, 2.45) is 0 Å². The van der Waals surface area contributed by atoms with Crippen molar-refractivity contribution >= 4 is 23.1 Å². The number of hydrogen-bond acceptors (Lipinski definition) is 4. The maximum atomic E-state index is 3.37. The van der Waals surface area contributed by atoms with Gasteiger partial charge in [-0.3, -0.25) is 4.90 Å². The topological polar surface area (TPSA) is 15.3 Å². The van der Waals surface area contributed by atoms with E-state index in [2.05, 4.69) is 41.0 Å². The second-order valence-electron chi connectivity index (χ2n) is 4.04. The quantitative estimate of drug-likeness (QED) is 0.871. The SMILES string of the molecule is CCNCc1ccc(CN2CCSCC2)s1. The first-order valence-electron chi connectivity index (χ1n) is 5.97. The molecule has 4 heteroatoms. The fraction of sp³-hybridized carbons (Fsp3) is 0.667. The molecule has 1 fully saturated rings. The molecular formula is C12H20N2S2. The van der Waals surface area contributed by atoms with Crippen molar-refractivity contribution in [1.82, 2.24) is 10.2 Å². The summed E-state index contributed by atoms with van der Waals surface area (Å²) in [4.78, 5) is 5.54. The number of rotatable bonds is 5. The van der Waals surface area contributed by atoms with Crippen LogP contribution in [0.3, 0.4) is 0 Å². The Morgan fingerprint density at radius 3 is 2.75 bits per heavy atom. The highest BCUT2D eigenvalue weighted by atomic mass is 32.2. The van der Waals surface area contributed by atoms with Crippen molar-refractivity contribution < 1.29 is 0 Å². The third-order valence-corrected chi connectivity index (χ3v) is 4.76. The van der Waals surface area contributed by atoms with E-state index < -0.39 is 0 Å². The summed E-state index contributed by atoms with van der Waals surface area (Å²) in [6, 6.07) is 4.56. The minimum absolute atomic E-state index is 1.02. The van der Waals surface area contributed by atoms with Crippen LogP contribution in [0.2, 0.25) is 0 Å². The predicted molar refractivity (Wildman–Crippen MR) is 74.3 cm³/mol. The van der Waals surface area contributed by atoms with Gasteiger partial charge in [0.15, 0.2) is 0 Å². The average Bonchev–Trinajstić information content (AvgIpc) is 2.75. The molecule has 1 aromatic rings. The molecule has 1 N–H and O–H groups in total. The van der Waals surface area contributed by atoms with Gasteiger partial charge in [0.2, 0.25) is 0 Å². The first kappa shape index (κ1) is 12.4. The van der Waals surface area contributed by atoms with Crippen molar-refractivity contribution in [2.75, 3.05) is 31.1 Å². The monoisotopic (exact) mass is 256 g/mol. The molecule has 1 aliphatic rings. The normalized spacial score (nSPS) is 17.8. The van der Waals surface area contributed by atoms with Gasteiger partial charge in [0, 0.05) is 47.4 Å². The Morgan fingerprint density at radius 1 is 1.25 bits per heavy atom. The standard InChI is InChI=1S/C12H20N2S2/c1-2-13-9-11-3-4-12(16-11)10-14-5-7-15-8-6-14/h3-4,13H,2,5-10H2,1H3. The van der Waals surface area contributed by atoms with Gasteiger partial charge in [-0.15, -0.1) is 11.3 Å². The highest BCUT2D eigenvalue weighted by Crippen LogP contribution is 2.20. The summed E-state index contributed by atoms with van der Waals surface area (Å²) < 4.78 is 0. The first-order valence-corrected chi connectivity index (χ1v) is 7.94. The Kier molecular flexibility index (Phi) is 5.16. The van der Waals surface area contributed by atoms with E-state index in [9.17, 15) is 0 Å². The minimum atomic E-state index is 1.02. The summed E-state index contributed by atoms with van der Waals surface area (Å²) in [5.41, 5.74) is 0. The zero-order valence-corrected chi connectivity index (χ0v) is 11.5. The van der Waals surface area contributed by atoms with E-state index in [4.69, 9.17) is 0 Å². The van der Waals surface area contributed by atoms with Crippen LogP contribution >= 0.6 is 23.1 Å². The lowest BCUT2D eigenvalue weighted by Gasteiger charge is -2.25. The third kappa shape index (κ3) is 3.77. The van der Waals surface area contributed by atoms with Crippen LogP contribution in [0.5, 0.6) is 0 Å². The molecule has 0 aliphatic carbocycles. The van der Waals surface area contributed by atoms with Crippen molar-refractivity contribution in [2.45, 2.75) is 20.0 Å². The highest BCUT2D eigenvalue weighted by Gasteiger charge is 2.11. The Morgan fingerprint density at radius 2 is 2.00 bits per heavy atom. The van der Waals surface area contributed by atoms with Crippen LogP contribution in [0.4, 0.5) is 0 Å². The molecule has 2 heterocycles. The fourth-order valence-corrected chi connectivity index (χ4v) is 3.84. The second kappa shape index (κ2) is 6.64. The van der Waals surface area contributed by atoms with Gasteiger partial charge in [-0.1, -0.05) is 6.92 Å². The molecule has 0 saturated carbocycles. The van der Waals surface area contributed by atoms with Crippen LogP contribution in [0, 0.1) is 0 Å². The van der Waals surface area contributed by atoms with Crippen molar-refractivity contribution in [3.8, 4) is 0 Å². The zero-order valence-electron chi connectivity index (χ0n) is 9.87. The van der Waals surface area contributed by atoms with Crippen LogP contribution in [-0.4, -0.2) is 36.0 Å². The molecule has 0 amide bonds. The van der Waals surface area contributed by atoms with Gasteiger partial charge in [0.05, 0.1) is 0 Å². The van der Waals surface area contributed by atoms with Crippen LogP contribution in [0.1, 0.15) is 16.7 Å². The Labute approximate surface area is 106 Å². The summed E-state index contributed by atoms with van der Waals surface area (Å²) in [6.07, 6.45) is 0. The number of nitrogens with one attached hydrogen (secondary N) is 1. The van der Waals surface area contributed by atoms with Crippen LogP contribution in [0.25, 0.3) is 0 Å². The van der Waals surface area contributed by atoms with Crippen LogP contribution in [-0.2, 0) is 13.1 Å². The van der Waals surface area contributed by atoms with E-state index in [1.807, 2.05) is 11.3 Å². The molecule has 0 spiro atoms. The van der Waals surface area contributed by atoms with Gasteiger partial charge in [0.25, 0.3) is 0 Å². The molecule has 1 saturated heterocycles. The summed E-state index contributed by atoms with van der Waals surface area (Å²) in [7, 11) is 0. The zero-order chi connectivity index (χ0) is 11.2. The summed E-state index contributed by atoms with van der Waals surface area (Å²) >= 11 is 4.03. The van der Waals surface area contributed by atoms with E-state index in [-0.39, 0.29) is 0 Å². The van der Waals surface area contributed by atoms with E-state index >= 15 is 0 Å². The van der Waals surface area contributed by atoms with Crippen molar-refractivity contribution in [3.05, 3.63) is 21.9 Å². The van der Waals surface area contributed by atoms with E-state index in [0.29, 0.717) is 0 Å². The summed E-state index contributed by atoms with van der Waals surface area (Å²) in [5, 5.41) is 3.37. The molecule has 90 valence electrons. The van der Waals surface area contributed by atoms with Crippen molar-refractivity contribution in [1.29, 1.82) is 0 Å². The Bertz CT molecular complexity index is 306. The van der Waals surface area contributed by atoms with Gasteiger partial charge >= 0.3 is 0 Å². The average molecular weight is 256 g/mol. The van der Waals surface area contributed by atoms with Crippen LogP contribution in [0.15, 0.2) is 12.1 Å². The lowest BCUT2D eigenvalue weighted by atomic mass is 10.4. The number of hydrogen-bond donors (Lipinski definition) is 1. The van der Waals surface area contributed by atoms with E-state index in [1.54, 1.807) is 0 Å². The summed E-state index contributed by atoms with van der Waals surface area (Å²) in [6.45, 7) is 7.89. The molecular weight excluding hydrogens is 236 g/mol. The molecule has 0 radical (unpaired) electrons. The largest absolute Gasteiger partial charge is 0.312 e. The molecule has 0 atom stereocenters. The molecule has 2 rings (SSSR count). The molecule has 1 aromatic heterocycles. The summed E-state index contributed by atoms with van der Waals surface area (Å²) in [5.74, 6) is 2.60. The van der Waals surface area contributed by atoms with Gasteiger partial charge in [-0.2, -0.15) is 11.8 Å². The number of thioether (sulfide) groups is 1. The van der Waals surface area contributed by atoms with Crippen molar-refractivity contribution in [3.63, 3.8) is 0 Å². The highest BCUT2D eigenvalue weighted by molar-refractivity contribution is 7.99. The maximum Gasteiger partial charge on any atom is 0.0328 e. The lowest BCUT2D eigenvalue weighted by Crippen LogP contribution is -2.31. The van der Waals surface area contributed by atoms with Gasteiger partial charge < -0.3 is 5.32 Å². The smallest absolute Gasteiger partial charge is 0.0328 e.